The van der Waals surface area contributed by atoms with Crippen molar-refractivity contribution < 1.29 is 56.1 Å². The van der Waals surface area contributed by atoms with Crippen molar-refractivity contribution in [2.75, 3.05) is 0 Å². The van der Waals surface area contributed by atoms with E-state index in [0.29, 0.717) is 6.10 Å². The van der Waals surface area contributed by atoms with Gasteiger partial charge >= 0.3 is 51.4 Å². The molecule has 0 radical (unpaired) electrons. The standard InChI is InChI=1S/C5H9O.K/c1-5-3-2-4-6-5;/h4-5H,2-3H2,1H3;/q-1;+1. The second-order valence-corrected chi connectivity index (χ2v) is 1.69. The first kappa shape index (κ1) is 8.60. The summed E-state index contributed by atoms with van der Waals surface area (Å²) < 4.78 is 5.03. The summed E-state index contributed by atoms with van der Waals surface area (Å²) in [6, 6.07) is 0. The van der Waals surface area contributed by atoms with Crippen molar-refractivity contribution in [3.8, 4) is 0 Å². The Morgan fingerprint density at radius 3 is 2.57 bits per heavy atom. The van der Waals surface area contributed by atoms with Gasteiger partial charge in [-0.1, -0.05) is 6.42 Å². The SMILES string of the molecule is CC1CC[CH-]O1.[K+]. The minimum absolute atomic E-state index is 0. The van der Waals surface area contributed by atoms with Crippen LogP contribution in [0.4, 0.5) is 0 Å². The van der Waals surface area contributed by atoms with Crippen LogP contribution in [0, 0.1) is 6.61 Å². The third-order valence-corrected chi connectivity index (χ3v) is 1.02. The minimum Gasteiger partial charge on any atom is -0.550 e. The van der Waals surface area contributed by atoms with Gasteiger partial charge in [0.2, 0.25) is 0 Å². The fourth-order valence-electron chi connectivity index (χ4n) is 0.603. The fourth-order valence-corrected chi connectivity index (χ4v) is 0.603. The van der Waals surface area contributed by atoms with E-state index in [4.69, 9.17) is 4.74 Å². The van der Waals surface area contributed by atoms with Crippen LogP contribution < -0.4 is 51.4 Å². The second kappa shape index (κ2) is 4.47. The maximum atomic E-state index is 5.03. The van der Waals surface area contributed by atoms with Gasteiger partial charge in [0.05, 0.1) is 0 Å². The van der Waals surface area contributed by atoms with Gasteiger partial charge in [-0.25, -0.2) is 6.61 Å². The van der Waals surface area contributed by atoms with Crippen molar-refractivity contribution in [1.29, 1.82) is 0 Å². The first-order valence-electron chi connectivity index (χ1n) is 2.37. The number of ether oxygens (including phenoxy) is 1. The summed E-state index contributed by atoms with van der Waals surface area (Å²) in [6.07, 6.45) is 2.84. The zero-order valence-corrected chi connectivity index (χ0v) is 8.10. The van der Waals surface area contributed by atoms with E-state index in [1.807, 2.05) is 6.61 Å². The summed E-state index contributed by atoms with van der Waals surface area (Å²) in [5.74, 6) is 0. The molecule has 0 amide bonds. The van der Waals surface area contributed by atoms with Gasteiger partial charge in [0, 0.05) is 6.10 Å². The molecule has 1 fully saturated rings. The average Bonchev–Trinajstić information content (AvgIpc) is 1.86. The molecule has 0 aromatic carbocycles. The van der Waals surface area contributed by atoms with Gasteiger partial charge in [-0.3, -0.25) is 0 Å². The Morgan fingerprint density at radius 1 is 1.71 bits per heavy atom. The van der Waals surface area contributed by atoms with E-state index in [9.17, 15) is 0 Å². The Balaban J connectivity index is 0.000000360. The van der Waals surface area contributed by atoms with Crippen molar-refractivity contribution in [3.05, 3.63) is 6.61 Å². The molecule has 1 aliphatic heterocycles. The van der Waals surface area contributed by atoms with E-state index in [1.165, 1.54) is 6.42 Å². The normalized spacial score (nSPS) is 29.6. The molecule has 1 saturated heterocycles. The number of rotatable bonds is 0. The van der Waals surface area contributed by atoms with Gasteiger partial charge in [0.15, 0.2) is 0 Å². The van der Waals surface area contributed by atoms with E-state index >= 15 is 0 Å². The fraction of sp³-hybridized carbons (Fsp3) is 0.800. The smallest absolute Gasteiger partial charge is 0.550 e. The third kappa shape index (κ3) is 3.22. The number of hydrogen-bond donors (Lipinski definition) is 0. The van der Waals surface area contributed by atoms with E-state index in [-0.39, 0.29) is 51.4 Å². The molecule has 1 atom stereocenters. The molecule has 7 heavy (non-hydrogen) atoms. The molecule has 1 rings (SSSR count). The van der Waals surface area contributed by atoms with Crippen LogP contribution in [-0.4, -0.2) is 6.10 Å². The third-order valence-electron chi connectivity index (χ3n) is 1.02. The first-order valence-corrected chi connectivity index (χ1v) is 2.37. The molecule has 1 nitrogen and oxygen atoms in total. The predicted molar refractivity (Wildman–Crippen MR) is 24.1 cm³/mol. The van der Waals surface area contributed by atoms with Crippen molar-refractivity contribution in [3.63, 3.8) is 0 Å². The molecule has 0 aliphatic carbocycles. The van der Waals surface area contributed by atoms with Crippen LogP contribution in [0.2, 0.25) is 0 Å². The Labute approximate surface area is 87.2 Å². The van der Waals surface area contributed by atoms with Crippen molar-refractivity contribution in [2.24, 2.45) is 0 Å². The molecule has 36 valence electrons. The van der Waals surface area contributed by atoms with Gasteiger partial charge in [0.1, 0.15) is 0 Å². The zero-order valence-electron chi connectivity index (χ0n) is 4.98. The predicted octanol–water partition coefficient (Wildman–Crippen LogP) is -1.65. The van der Waals surface area contributed by atoms with Crippen LogP contribution >= 0.6 is 0 Å². The molecule has 0 spiro atoms. The van der Waals surface area contributed by atoms with Crippen molar-refractivity contribution in [1.82, 2.24) is 0 Å². The van der Waals surface area contributed by atoms with Crippen molar-refractivity contribution in [2.45, 2.75) is 25.9 Å². The van der Waals surface area contributed by atoms with Crippen LogP contribution in [0.5, 0.6) is 0 Å². The maximum absolute atomic E-state index is 5.03. The van der Waals surface area contributed by atoms with Gasteiger partial charge < -0.3 is 4.74 Å². The zero-order chi connectivity index (χ0) is 4.41. The largest absolute Gasteiger partial charge is 1.00 e. The van der Waals surface area contributed by atoms with E-state index in [0.717, 1.165) is 6.42 Å². The van der Waals surface area contributed by atoms with Gasteiger partial charge in [0.25, 0.3) is 0 Å². The molecule has 2 heteroatoms. The summed E-state index contributed by atoms with van der Waals surface area (Å²) in [5.41, 5.74) is 0. The maximum Gasteiger partial charge on any atom is 1.00 e. The second-order valence-electron chi connectivity index (χ2n) is 1.69. The molecule has 0 bridgehead atoms. The molecular weight excluding hydrogens is 115 g/mol. The first-order chi connectivity index (χ1) is 2.89. The van der Waals surface area contributed by atoms with Crippen LogP contribution in [0.1, 0.15) is 19.8 Å². The molecule has 1 unspecified atom stereocenters. The molecule has 1 heterocycles. The monoisotopic (exact) mass is 124 g/mol. The topological polar surface area (TPSA) is 9.23 Å². The summed E-state index contributed by atoms with van der Waals surface area (Å²) in [6.45, 7) is 3.97. The van der Waals surface area contributed by atoms with E-state index < -0.39 is 0 Å². The minimum atomic E-state index is 0. The van der Waals surface area contributed by atoms with Gasteiger partial charge in [-0.05, 0) is 6.92 Å². The summed E-state index contributed by atoms with van der Waals surface area (Å²) in [7, 11) is 0. The van der Waals surface area contributed by atoms with Crippen LogP contribution in [0.3, 0.4) is 0 Å². The average molecular weight is 124 g/mol. The Hall–Kier alpha value is 1.60. The number of hydrogen-bond acceptors (Lipinski definition) is 1. The Bertz CT molecular complexity index is 41.3. The quantitative estimate of drug-likeness (QED) is 0.278. The van der Waals surface area contributed by atoms with E-state index in [1.54, 1.807) is 0 Å². The summed E-state index contributed by atoms with van der Waals surface area (Å²) in [5, 5.41) is 0. The molecule has 0 aromatic heterocycles. The molecular formula is C5H9KO. The molecule has 0 aromatic rings. The summed E-state index contributed by atoms with van der Waals surface area (Å²) in [4.78, 5) is 0. The summed E-state index contributed by atoms with van der Waals surface area (Å²) >= 11 is 0. The van der Waals surface area contributed by atoms with Crippen molar-refractivity contribution >= 4 is 0 Å². The molecule has 0 N–H and O–H groups in total. The molecule has 0 saturated carbocycles. The van der Waals surface area contributed by atoms with E-state index in [2.05, 4.69) is 6.92 Å². The Kier molecular flexibility index (Phi) is 5.49. The van der Waals surface area contributed by atoms with Crippen LogP contribution in [0.15, 0.2) is 0 Å². The van der Waals surface area contributed by atoms with Crippen LogP contribution in [0.25, 0.3) is 0 Å². The molecule has 1 aliphatic rings. The van der Waals surface area contributed by atoms with Gasteiger partial charge in [-0.15, -0.1) is 0 Å². The van der Waals surface area contributed by atoms with Crippen LogP contribution in [-0.2, 0) is 4.74 Å². The van der Waals surface area contributed by atoms with Gasteiger partial charge in [-0.2, -0.15) is 6.42 Å². The Morgan fingerprint density at radius 2 is 2.43 bits per heavy atom.